The van der Waals surface area contributed by atoms with E-state index in [1.54, 1.807) is 0 Å². The van der Waals surface area contributed by atoms with Crippen LogP contribution in [0.15, 0.2) is 35.4 Å². The molecular weight excluding hydrogens is 194 g/mol. The highest BCUT2D eigenvalue weighted by Crippen LogP contribution is 2.18. The second kappa shape index (κ2) is 5.06. The lowest BCUT2D eigenvalue weighted by molar-refractivity contribution is 0.716. The number of nitrogens with one attached hydrogen (secondary N) is 1. The van der Waals surface area contributed by atoms with Crippen LogP contribution in [0.2, 0.25) is 0 Å². The first-order chi connectivity index (χ1) is 6.61. The molecule has 1 aromatic carbocycles. The highest BCUT2D eigenvalue weighted by atomic mass is 35.5. The third-order valence-corrected chi connectivity index (χ3v) is 2.03. The lowest BCUT2D eigenvalue weighted by Crippen LogP contribution is -2.21. The van der Waals surface area contributed by atoms with E-state index in [1.165, 1.54) is 0 Å². The largest absolute Gasteiger partial charge is 0.381 e. The van der Waals surface area contributed by atoms with Crippen LogP contribution >= 0.6 is 11.6 Å². The summed E-state index contributed by atoms with van der Waals surface area (Å²) in [6.07, 6.45) is 0. The van der Waals surface area contributed by atoms with Crippen LogP contribution in [0.1, 0.15) is 26.3 Å². The van der Waals surface area contributed by atoms with E-state index in [0.29, 0.717) is 6.04 Å². The number of benzene rings is 1. The summed E-state index contributed by atoms with van der Waals surface area (Å²) in [5.41, 5.74) is 2.15. The van der Waals surface area contributed by atoms with Crippen LogP contribution in [0, 0.1) is 0 Å². The fourth-order valence-electron chi connectivity index (χ4n) is 1.28. The molecule has 0 saturated carbocycles. The Bertz CT molecular complexity index is 310. The van der Waals surface area contributed by atoms with Gasteiger partial charge in [0.15, 0.2) is 0 Å². The van der Waals surface area contributed by atoms with Crippen LogP contribution in [0.4, 0.5) is 0 Å². The minimum absolute atomic E-state index is 0.388. The number of halogens is 1. The molecule has 0 unspecified atom stereocenters. The SMILES string of the molecule is C/C(Cl)=C(\NC(C)C)c1ccccc1. The Morgan fingerprint density at radius 2 is 1.79 bits per heavy atom. The third-order valence-electron chi connectivity index (χ3n) is 1.84. The Morgan fingerprint density at radius 1 is 1.21 bits per heavy atom. The monoisotopic (exact) mass is 209 g/mol. The van der Waals surface area contributed by atoms with Gasteiger partial charge in [-0.05, 0) is 26.3 Å². The van der Waals surface area contributed by atoms with Gasteiger partial charge in [-0.1, -0.05) is 41.9 Å². The second-order valence-electron chi connectivity index (χ2n) is 3.57. The Labute approximate surface area is 90.8 Å². The highest BCUT2D eigenvalue weighted by Gasteiger charge is 2.04. The Balaban J connectivity index is 2.97. The summed E-state index contributed by atoms with van der Waals surface area (Å²) < 4.78 is 0. The molecule has 2 heteroatoms. The van der Waals surface area contributed by atoms with E-state index in [-0.39, 0.29) is 0 Å². The van der Waals surface area contributed by atoms with E-state index in [1.807, 2.05) is 25.1 Å². The number of hydrogen-bond donors (Lipinski definition) is 1. The van der Waals surface area contributed by atoms with Crippen molar-refractivity contribution in [1.82, 2.24) is 5.32 Å². The minimum Gasteiger partial charge on any atom is -0.381 e. The molecule has 0 bridgehead atoms. The van der Waals surface area contributed by atoms with Crippen molar-refractivity contribution in [1.29, 1.82) is 0 Å². The zero-order valence-corrected chi connectivity index (χ0v) is 9.60. The van der Waals surface area contributed by atoms with Crippen molar-refractivity contribution in [3.8, 4) is 0 Å². The summed E-state index contributed by atoms with van der Waals surface area (Å²) in [6.45, 7) is 6.10. The minimum atomic E-state index is 0.388. The summed E-state index contributed by atoms with van der Waals surface area (Å²) >= 11 is 6.04. The predicted molar refractivity (Wildman–Crippen MR) is 63.2 cm³/mol. The van der Waals surface area contributed by atoms with E-state index in [4.69, 9.17) is 11.6 Å². The van der Waals surface area contributed by atoms with Crippen molar-refractivity contribution in [3.05, 3.63) is 40.9 Å². The second-order valence-corrected chi connectivity index (χ2v) is 4.14. The topological polar surface area (TPSA) is 12.0 Å². The first-order valence-corrected chi connectivity index (χ1v) is 5.17. The maximum atomic E-state index is 6.04. The van der Waals surface area contributed by atoms with Crippen molar-refractivity contribution < 1.29 is 0 Å². The fraction of sp³-hybridized carbons (Fsp3) is 0.333. The maximum absolute atomic E-state index is 6.04. The molecule has 0 aromatic heterocycles. The molecule has 0 spiro atoms. The Hall–Kier alpha value is -0.950. The van der Waals surface area contributed by atoms with Gasteiger partial charge in [-0.25, -0.2) is 0 Å². The van der Waals surface area contributed by atoms with Crippen molar-refractivity contribution in [2.45, 2.75) is 26.8 Å². The lowest BCUT2D eigenvalue weighted by atomic mass is 10.1. The van der Waals surface area contributed by atoms with Gasteiger partial charge in [-0.2, -0.15) is 0 Å². The van der Waals surface area contributed by atoms with Crippen molar-refractivity contribution in [2.24, 2.45) is 0 Å². The van der Waals surface area contributed by atoms with E-state index < -0.39 is 0 Å². The fourth-order valence-corrected chi connectivity index (χ4v) is 1.44. The molecule has 1 rings (SSSR count). The van der Waals surface area contributed by atoms with Gasteiger partial charge in [-0.15, -0.1) is 0 Å². The summed E-state index contributed by atoms with van der Waals surface area (Å²) in [5.74, 6) is 0. The molecule has 0 heterocycles. The zero-order chi connectivity index (χ0) is 10.6. The smallest absolute Gasteiger partial charge is 0.0560 e. The van der Waals surface area contributed by atoms with Crippen LogP contribution in [-0.4, -0.2) is 6.04 Å². The van der Waals surface area contributed by atoms with Crippen molar-refractivity contribution in [3.63, 3.8) is 0 Å². The van der Waals surface area contributed by atoms with Crippen LogP contribution < -0.4 is 5.32 Å². The molecule has 0 aliphatic carbocycles. The first kappa shape index (κ1) is 11.1. The van der Waals surface area contributed by atoms with Crippen LogP contribution in [0.5, 0.6) is 0 Å². The van der Waals surface area contributed by atoms with E-state index in [0.717, 1.165) is 16.3 Å². The molecule has 0 aliphatic heterocycles. The van der Waals surface area contributed by atoms with Gasteiger partial charge in [0.05, 0.1) is 5.70 Å². The normalized spacial score (nSPS) is 12.6. The van der Waals surface area contributed by atoms with Gasteiger partial charge in [0.25, 0.3) is 0 Å². The van der Waals surface area contributed by atoms with Gasteiger partial charge in [-0.3, -0.25) is 0 Å². The molecule has 14 heavy (non-hydrogen) atoms. The number of hydrogen-bond acceptors (Lipinski definition) is 1. The Morgan fingerprint density at radius 3 is 2.21 bits per heavy atom. The predicted octanol–water partition coefficient (Wildman–Crippen LogP) is 3.61. The summed E-state index contributed by atoms with van der Waals surface area (Å²) in [6, 6.07) is 10.5. The van der Waals surface area contributed by atoms with Crippen LogP contribution in [0.25, 0.3) is 5.70 Å². The number of allylic oxidation sites excluding steroid dienone is 1. The van der Waals surface area contributed by atoms with Crippen LogP contribution in [-0.2, 0) is 0 Å². The van der Waals surface area contributed by atoms with Gasteiger partial charge >= 0.3 is 0 Å². The molecule has 1 nitrogen and oxygen atoms in total. The van der Waals surface area contributed by atoms with Gasteiger partial charge < -0.3 is 5.32 Å². The van der Waals surface area contributed by atoms with Gasteiger partial charge in [0.2, 0.25) is 0 Å². The molecule has 0 fully saturated rings. The molecule has 0 saturated heterocycles. The standard InChI is InChI=1S/C12H16ClN/c1-9(2)14-12(10(3)13)11-7-5-4-6-8-11/h4-9,14H,1-3H3/b12-10+. The van der Waals surface area contributed by atoms with E-state index in [2.05, 4.69) is 31.3 Å². The van der Waals surface area contributed by atoms with E-state index in [9.17, 15) is 0 Å². The first-order valence-electron chi connectivity index (χ1n) is 4.79. The summed E-state index contributed by atoms with van der Waals surface area (Å²) in [5, 5.41) is 4.14. The molecule has 76 valence electrons. The summed E-state index contributed by atoms with van der Waals surface area (Å²) in [4.78, 5) is 0. The third kappa shape index (κ3) is 3.08. The molecular formula is C12H16ClN. The zero-order valence-electron chi connectivity index (χ0n) is 8.84. The molecule has 0 radical (unpaired) electrons. The maximum Gasteiger partial charge on any atom is 0.0560 e. The quantitative estimate of drug-likeness (QED) is 0.802. The molecule has 0 amide bonds. The Kier molecular flexibility index (Phi) is 4.02. The molecule has 0 aliphatic rings. The van der Waals surface area contributed by atoms with Crippen LogP contribution in [0.3, 0.4) is 0 Å². The van der Waals surface area contributed by atoms with E-state index >= 15 is 0 Å². The lowest BCUT2D eigenvalue weighted by Gasteiger charge is -2.15. The highest BCUT2D eigenvalue weighted by molar-refractivity contribution is 6.32. The van der Waals surface area contributed by atoms with Crippen molar-refractivity contribution >= 4 is 17.3 Å². The van der Waals surface area contributed by atoms with Gasteiger partial charge in [0.1, 0.15) is 0 Å². The molecule has 0 atom stereocenters. The number of rotatable bonds is 3. The van der Waals surface area contributed by atoms with Gasteiger partial charge in [0, 0.05) is 11.1 Å². The van der Waals surface area contributed by atoms with Crippen molar-refractivity contribution in [2.75, 3.05) is 0 Å². The molecule has 1 aromatic rings. The average Bonchev–Trinajstić information content (AvgIpc) is 2.15. The average molecular weight is 210 g/mol. The summed E-state index contributed by atoms with van der Waals surface area (Å²) in [7, 11) is 0. The molecule has 1 N–H and O–H groups in total.